The van der Waals surface area contributed by atoms with E-state index in [1.807, 2.05) is 54.6 Å². The number of nitrogens with zero attached hydrogens (tertiary/aromatic N) is 1. The van der Waals surface area contributed by atoms with Gasteiger partial charge in [-0.15, -0.1) is 11.3 Å². The number of carbonyl (C=O) groups excluding carboxylic acids is 1. The number of nitrogens with one attached hydrogen (secondary N) is 1. The second kappa shape index (κ2) is 10.0. The quantitative estimate of drug-likeness (QED) is 0.381. The van der Waals surface area contributed by atoms with E-state index in [0.717, 1.165) is 28.0 Å². The van der Waals surface area contributed by atoms with Crippen molar-refractivity contribution in [2.75, 3.05) is 5.32 Å². The highest BCUT2D eigenvalue weighted by atomic mass is 32.2. The summed E-state index contributed by atoms with van der Waals surface area (Å²) in [6, 6.07) is 27.0. The fourth-order valence-corrected chi connectivity index (χ4v) is 6.79. The molecule has 1 N–H and O–H groups in total. The average molecular weight is 505 g/mol. The molecule has 0 bridgehead atoms. The molecule has 0 spiro atoms. The number of fused-ring (bicyclic) bond motifs is 1. The largest absolute Gasteiger partial charge is 0.489 e. The van der Waals surface area contributed by atoms with Crippen LogP contribution in [0.5, 0.6) is 5.75 Å². The molecule has 1 aliphatic rings. The number of thiophene rings is 1. The minimum Gasteiger partial charge on any atom is -0.489 e. The molecular formula is C27H24N2O4S2. The highest BCUT2D eigenvalue weighted by Crippen LogP contribution is 2.31. The van der Waals surface area contributed by atoms with Crippen LogP contribution in [-0.2, 0) is 34.4 Å². The fourth-order valence-electron chi connectivity index (χ4n) is 4.10. The van der Waals surface area contributed by atoms with Crippen molar-refractivity contribution < 1.29 is 17.9 Å². The fraction of sp³-hybridized carbons (Fsp3) is 0.148. The van der Waals surface area contributed by atoms with E-state index in [0.29, 0.717) is 24.5 Å². The van der Waals surface area contributed by atoms with E-state index >= 15 is 0 Å². The Balaban J connectivity index is 1.33. The molecule has 1 amide bonds. The van der Waals surface area contributed by atoms with Gasteiger partial charge in [-0.1, -0.05) is 60.7 Å². The van der Waals surface area contributed by atoms with Crippen LogP contribution in [0, 0.1) is 0 Å². The molecule has 0 radical (unpaired) electrons. The Bertz CT molecular complexity index is 1400. The van der Waals surface area contributed by atoms with E-state index in [-0.39, 0.29) is 16.7 Å². The molecule has 0 aliphatic carbocycles. The summed E-state index contributed by atoms with van der Waals surface area (Å²) in [6.45, 7) is 0.602. The lowest BCUT2D eigenvalue weighted by molar-refractivity contribution is -0.120. The molecule has 0 unspecified atom stereocenters. The molecule has 5 rings (SSSR count). The molecule has 1 aliphatic heterocycles. The number of amides is 1. The lowest BCUT2D eigenvalue weighted by Gasteiger charge is -2.34. The van der Waals surface area contributed by atoms with Gasteiger partial charge in [0, 0.05) is 12.2 Å². The SMILES string of the molecule is O=C(Nc1ccc(OCc2ccccc2)cc1)[C@@H]1Cc2ccccc2CN1S(=O)(=O)c1cccs1. The molecule has 178 valence electrons. The van der Waals surface area contributed by atoms with Crippen molar-refractivity contribution in [1.82, 2.24) is 4.31 Å². The summed E-state index contributed by atoms with van der Waals surface area (Å²) in [7, 11) is -3.82. The first-order valence-corrected chi connectivity index (χ1v) is 13.5. The summed E-state index contributed by atoms with van der Waals surface area (Å²) in [5.74, 6) is 0.318. The second-order valence-electron chi connectivity index (χ2n) is 8.26. The van der Waals surface area contributed by atoms with E-state index in [1.165, 1.54) is 4.31 Å². The summed E-state index contributed by atoms with van der Waals surface area (Å²) in [5.41, 5.74) is 3.54. The number of ether oxygens (including phenoxy) is 1. The van der Waals surface area contributed by atoms with Crippen molar-refractivity contribution in [2.24, 2.45) is 0 Å². The summed E-state index contributed by atoms with van der Waals surface area (Å²) >= 11 is 1.15. The first-order valence-electron chi connectivity index (χ1n) is 11.2. The van der Waals surface area contributed by atoms with E-state index in [9.17, 15) is 13.2 Å². The highest BCUT2D eigenvalue weighted by molar-refractivity contribution is 7.91. The van der Waals surface area contributed by atoms with Gasteiger partial charge in [0.2, 0.25) is 5.91 Å². The van der Waals surface area contributed by atoms with E-state index in [1.54, 1.807) is 41.8 Å². The summed E-state index contributed by atoms with van der Waals surface area (Å²) in [5, 5.41) is 4.62. The van der Waals surface area contributed by atoms with Crippen molar-refractivity contribution in [3.8, 4) is 5.75 Å². The summed E-state index contributed by atoms with van der Waals surface area (Å²) in [4.78, 5) is 13.4. The minimum atomic E-state index is -3.82. The maximum atomic E-state index is 13.4. The summed E-state index contributed by atoms with van der Waals surface area (Å²) in [6.07, 6.45) is 0.310. The van der Waals surface area contributed by atoms with Gasteiger partial charge in [-0.25, -0.2) is 8.42 Å². The van der Waals surface area contributed by atoms with Gasteiger partial charge in [0.1, 0.15) is 22.6 Å². The van der Waals surface area contributed by atoms with Crippen LogP contribution >= 0.6 is 11.3 Å². The number of sulfonamides is 1. The van der Waals surface area contributed by atoms with E-state index in [2.05, 4.69) is 5.32 Å². The van der Waals surface area contributed by atoms with Crippen LogP contribution in [0.2, 0.25) is 0 Å². The van der Waals surface area contributed by atoms with Crippen molar-refractivity contribution in [3.05, 3.63) is 113 Å². The number of hydrogen-bond donors (Lipinski definition) is 1. The van der Waals surface area contributed by atoms with Crippen molar-refractivity contribution in [1.29, 1.82) is 0 Å². The van der Waals surface area contributed by atoms with Crippen LogP contribution in [0.3, 0.4) is 0 Å². The van der Waals surface area contributed by atoms with Gasteiger partial charge in [-0.2, -0.15) is 4.31 Å². The Kier molecular flexibility index (Phi) is 6.68. The van der Waals surface area contributed by atoms with Crippen LogP contribution in [0.25, 0.3) is 0 Å². The van der Waals surface area contributed by atoms with Gasteiger partial charge in [-0.3, -0.25) is 4.79 Å². The normalized spacial score (nSPS) is 15.8. The molecule has 4 aromatic rings. The van der Waals surface area contributed by atoms with Crippen molar-refractivity contribution >= 4 is 33.0 Å². The van der Waals surface area contributed by atoms with Gasteiger partial charge < -0.3 is 10.1 Å². The average Bonchev–Trinajstić information content (AvgIpc) is 3.44. The van der Waals surface area contributed by atoms with Crippen molar-refractivity contribution in [3.63, 3.8) is 0 Å². The van der Waals surface area contributed by atoms with Crippen LogP contribution in [0.1, 0.15) is 16.7 Å². The molecule has 35 heavy (non-hydrogen) atoms. The molecule has 1 atom stereocenters. The monoisotopic (exact) mass is 504 g/mol. The van der Waals surface area contributed by atoms with E-state index in [4.69, 9.17) is 4.74 Å². The van der Waals surface area contributed by atoms with Crippen LogP contribution in [-0.4, -0.2) is 24.7 Å². The number of hydrogen-bond acceptors (Lipinski definition) is 5. The molecule has 0 fully saturated rings. The Hall–Kier alpha value is -3.46. The maximum absolute atomic E-state index is 13.4. The Morgan fingerprint density at radius 3 is 2.34 bits per heavy atom. The number of benzene rings is 3. The van der Waals surface area contributed by atoms with Gasteiger partial charge in [0.05, 0.1) is 0 Å². The third-order valence-corrected chi connectivity index (χ3v) is 9.16. The molecular weight excluding hydrogens is 480 g/mol. The van der Waals surface area contributed by atoms with Gasteiger partial charge in [-0.05, 0) is 58.8 Å². The third-order valence-electron chi connectivity index (χ3n) is 5.94. The Morgan fingerprint density at radius 1 is 0.914 bits per heavy atom. The van der Waals surface area contributed by atoms with Gasteiger partial charge in [0.15, 0.2) is 0 Å². The smallest absolute Gasteiger partial charge is 0.253 e. The van der Waals surface area contributed by atoms with Gasteiger partial charge >= 0.3 is 0 Å². The van der Waals surface area contributed by atoms with Gasteiger partial charge in [0.25, 0.3) is 10.0 Å². The molecule has 0 saturated heterocycles. The molecule has 6 nitrogen and oxygen atoms in total. The Labute approximate surface area is 208 Å². The van der Waals surface area contributed by atoms with Crippen LogP contribution in [0.15, 0.2) is 101 Å². The number of anilines is 1. The lowest BCUT2D eigenvalue weighted by atomic mass is 9.95. The molecule has 0 saturated carbocycles. The topological polar surface area (TPSA) is 75.7 Å². The predicted octanol–water partition coefficient (Wildman–Crippen LogP) is 5.08. The predicted molar refractivity (Wildman–Crippen MR) is 137 cm³/mol. The first kappa shape index (κ1) is 23.3. The first-order chi connectivity index (χ1) is 17.0. The summed E-state index contributed by atoms with van der Waals surface area (Å²) < 4.78 is 34.2. The minimum absolute atomic E-state index is 0.154. The molecule has 8 heteroatoms. The zero-order valence-corrected chi connectivity index (χ0v) is 20.5. The van der Waals surface area contributed by atoms with Crippen LogP contribution < -0.4 is 10.1 Å². The third kappa shape index (κ3) is 5.14. The zero-order chi connectivity index (χ0) is 24.3. The Morgan fingerprint density at radius 2 is 1.63 bits per heavy atom. The highest BCUT2D eigenvalue weighted by Gasteiger charge is 2.40. The maximum Gasteiger partial charge on any atom is 0.253 e. The number of rotatable bonds is 7. The zero-order valence-electron chi connectivity index (χ0n) is 18.8. The number of carbonyl (C=O) groups is 1. The second-order valence-corrected chi connectivity index (χ2v) is 11.3. The van der Waals surface area contributed by atoms with Crippen LogP contribution in [0.4, 0.5) is 5.69 Å². The molecule has 3 aromatic carbocycles. The molecule has 1 aromatic heterocycles. The van der Waals surface area contributed by atoms with Crippen molar-refractivity contribution in [2.45, 2.75) is 29.8 Å². The standard InChI is InChI=1S/C27H24N2O4S2/c30-27(28-23-12-14-24(15-13-23)33-19-20-7-2-1-3-8-20)25-17-21-9-4-5-10-22(21)18-29(25)35(31,32)26-11-6-16-34-26/h1-16,25H,17-19H2,(H,28,30)/t25-/m0/s1. The van der Waals surface area contributed by atoms with E-state index < -0.39 is 16.1 Å². The molecule has 2 heterocycles. The lowest BCUT2D eigenvalue weighted by Crippen LogP contribution is -2.50.